The molecular formula is C17H14N2O2. The predicted octanol–water partition coefficient (Wildman–Crippen LogP) is 3.50. The van der Waals surface area contributed by atoms with Crippen molar-refractivity contribution in [3.8, 4) is 5.75 Å². The fourth-order valence-corrected chi connectivity index (χ4v) is 2.14. The normalized spacial score (nSPS) is 10.5. The molecule has 0 radical (unpaired) electrons. The second-order valence-electron chi connectivity index (χ2n) is 4.79. The van der Waals surface area contributed by atoms with Crippen molar-refractivity contribution in [2.24, 2.45) is 0 Å². The Morgan fingerprint density at radius 2 is 1.86 bits per heavy atom. The zero-order valence-electron chi connectivity index (χ0n) is 11.5. The molecule has 3 aromatic rings. The maximum absolute atomic E-state index is 12.3. The second kappa shape index (κ2) is 5.25. The quantitative estimate of drug-likeness (QED) is 0.754. The Hall–Kier alpha value is -2.88. The van der Waals surface area contributed by atoms with Crippen LogP contribution in [0.3, 0.4) is 0 Å². The van der Waals surface area contributed by atoms with Crippen molar-refractivity contribution in [2.45, 2.75) is 6.92 Å². The maximum Gasteiger partial charge on any atom is 0.274 e. The van der Waals surface area contributed by atoms with E-state index in [0.717, 1.165) is 10.9 Å². The highest BCUT2D eigenvalue weighted by Crippen LogP contribution is 2.24. The van der Waals surface area contributed by atoms with Gasteiger partial charge in [0, 0.05) is 16.6 Å². The van der Waals surface area contributed by atoms with Crippen LogP contribution in [-0.4, -0.2) is 16.0 Å². The molecule has 0 saturated carbocycles. The minimum Gasteiger partial charge on any atom is -0.508 e. The van der Waals surface area contributed by atoms with Gasteiger partial charge in [-0.2, -0.15) is 0 Å². The SMILES string of the molecule is Cc1c(O)cccc1NC(=O)c1ccc2ccccc2n1. The van der Waals surface area contributed by atoms with E-state index in [0.29, 0.717) is 16.9 Å². The van der Waals surface area contributed by atoms with E-state index in [1.165, 1.54) is 0 Å². The van der Waals surface area contributed by atoms with Gasteiger partial charge in [0.05, 0.1) is 5.52 Å². The van der Waals surface area contributed by atoms with Crippen molar-refractivity contribution in [2.75, 3.05) is 5.32 Å². The molecule has 0 aliphatic heterocycles. The Morgan fingerprint density at radius 1 is 1.05 bits per heavy atom. The van der Waals surface area contributed by atoms with Crippen molar-refractivity contribution in [3.63, 3.8) is 0 Å². The number of hydrogen-bond acceptors (Lipinski definition) is 3. The smallest absolute Gasteiger partial charge is 0.274 e. The average molecular weight is 278 g/mol. The van der Waals surface area contributed by atoms with Gasteiger partial charge in [-0.25, -0.2) is 4.98 Å². The van der Waals surface area contributed by atoms with Crippen LogP contribution in [-0.2, 0) is 0 Å². The van der Waals surface area contributed by atoms with Crippen LogP contribution in [0.2, 0.25) is 0 Å². The first-order valence-electron chi connectivity index (χ1n) is 6.61. The molecule has 21 heavy (non-hydrogen) atoms. The zero-order valence-corrected chi connectivity index (χ0v) is 11.5. The minimum absolute atomic E-state index is 0.152. The summed E-state index contributed by atoms with van der Waals surface area (Å²) in [5, 5.41) is 13.4. The van der Waals surface area contributed by atoms with Gasteiger partial charge in [0.25, 0.3) is 5.91 Å². The lowest BCUT2D eigenvalue weighted by molar-refractivity contribution is 0.102. The average Bonchev–Trinajstić information content (AvgIpc) is 2.51. The molecule has 2 aromatic carbocycles. The topological polar surface area (TPSA) is 62.2 Å². The summed E-state index contributed by atoms with van der Waals surface area (Å²) in [5.74, 6) is -0.145. The number of carbonyl (C=O) groups excluding carboxylic acids is 1. The molecule has 4 heteroatoms. The first-order valence-corrected chi connectivity index (χ1v) is 6.61. The van der Waals surface area contributed by atoms with Gasteiger partial charge in [0.2, 0.25) is 0 Å². The second-order valence-corrected chi connectivity index (χ2v) is 4.79. The molecule has 0 atom stereocenters. The number of aromatic nitrogens is 1. The largest absolute Gasteiger partial charge is 0.508 e. The summed E-state index contributed by atoms with van der Waals surface area (Å²) in [5.41, 5.74) is 2.33. The number of pyridine rings is 1. The lowest BCUT2D eigenvalue weighted by Gasteiger charge is -2.09. The predicted molar refractivity (Wildman–Crippen MR) is 82.5 cm³/mol. The summed E-state index contributed by atoms with van der Waals surface area (Å²) >= 11 is 0. The van der Waals surface area contributed by atoms with Crippen LogP contribution in [0.15, 0.2) is 54.6 Å². The van der Waals surface area contributed by atoms with Crippen LogP contribution in [0.25, 0.3) is 10.9 Å². The highest BCUT2D eigenvalue weighted by atomic mass is 16.3. The summed E-state index contributed by atoms with van der Waals surface area (Å²) in [4.78, 5) is 16.6. The first kappa shape index (κ1) is 13.1. The summed E-state index contributed by atoms with van der Waals surface area (Å²) in [6.07, 6.45) is 0. The molecule has 1 heterocycles. The maximum atomic E-state index is 12.3. The zero-order chi connectivity index (χ0) is 14.8. The van der Waals surface area contributed by atoms with Gasteiger partial charge in [-0.3, -0.25) is 4.79 Å². The molecular weight excluding hydrogens is 264 g/mol. The van der Waals surface area contributed by atoms with Gasteiger partial charge in [0.15, 0.2) is 0 Å². The molecule has 0 fully saturated rings. The Labute approximate surface area is 122 Å². The number of phenolic OH excluding ortho intramolecular Hbond substituents is 1. The molecule has 3 rings (SSSR count). The molecule has 104 valence electrons. The number of nitrogens with one attached hydrogen (secondary N) is 1. The van der Waals surface area contributed by atoms with E-state index < -0.39 is 0 Å². The van der Waals surface area contributed by atoms with E-state index in [1.807, 2.05) is 30.3 Å². The van der Waals surface area contributed by atoms with Gasteiger partial charge in [-0.1, -0.05) is 30.3 Å². The fraction of sp³-hybridized carbons (Fsp3) is 0.0588. The summed E-state index contributed by atoms with van der Waals surface area (Å²) in [6.45, 7) is 1.75. The minimum atomic E-state index is -0.297. The van der Waals surface area contributed by atoms with Crippen LogP contribution in [0.4, 0.5) is 5.69 Å². The standard InChI is InChI=1S/C17H14N2O2/c1-11-13(7-4-8-16(11)20)19-17(21)15-10-9-12-5-2-3-6-14(12)18-15/h2-10,20H,1H3,(H,19,21). The highest BCUT2D eigenvalue weighted by molar-refractivity contribution is 6.04. The molecule has 0 aliphatic rings. The van der Waals surface area contributed by atoms with Gasteiger partial charge in [0.1, 0.15) is 11.4 Å². The molecule has 1 amide bonds. The van der Waals surface area contributed by atoms with E-state index in [2.05, 4.69) is 10.3 Å². The lowest BCUT2D eigenvalue weighted by Crippen LogP contribution is -2.14. The molecule has 4 nitrogen and oxygen atoms in total. The van der Waals surface area contributed by atoms with E-state index in [9.17, 15) is 9.90 Å². The number of carbonyl (C=O) groups is 1. The van der Waals surface area contributed by atoms with Crippen molar-refractivity contribution in [3.05, 3.63) is 65.9 Å². The number of para-hydroxylation sites is 1. The number of benzene rings is 2. The van der Waals surface area contributed by atoms with E-state index in [-0.39, 0.29) is 11.7 Å². The molecule has 0 saturated heterocycles. The number of aromatic hydroxyl groups is 1. The molecule has 1 aromatic heterocycles. The fourth-order valence-electron chi connectivity index (χ4n) is 2.14. The molecule has 0 bridgehead atoms. The van der Waals surface area contributed by atoms with Crippen molar-refractivity contribution in [1.29, 1.82) is 0 Å². The van der Waals surface area contributed by atoms with Crippen LogP contribution < -0.4 is 5.32 Å². The van der Waals surface area contributed by atoms with Crippen LogP contribution in [0, 0.1) is 6.92 Å². The Bertz CT molecular complexity index is 828. The van der Waals surface area contributed by atoms with Gasteiger partial charge in [-0.05, 0) is 31.2 Å². The number of hydrogen-bond donors (Lipinski definition) is 2. The number of fused-ring (bicyclic) bond motifs is 1. The van der Waals surface area contributed by atoms with Gasteiger partial charge >= 0.3 is 0 Å². The molecule has 0 spiro atoms. The monoisotopic (exact) mass is 278 g/mol. The number of rotatable bonds is 2. The number of phenols is 1. The number of nitrogens with zero attached hydrogens (tertiary/aromatic N) is 1. The number of amides is 1. The summed E-state index contributed by atoms with van der Waals surface area (Å²) in [6, 6.07) is 16.2. The highest BCUT2D eigenvalue weighted by Gasteiger charge is 2.11. The van der Waals surface area contributed by atoms with Gasteiger partial charge < -0.3 is 10.4 Å². The number of anilines is 1. The van der Waals surface area contributed by atoms with Crippen molar-refractivity contribution in [1.82, 2.24) is 4.98 Å². The van der Waals surface area contributed by atoms with E-state index >= 15 is 0 Å². The third-order valence-corrected chi connectivity index (χ3v) is 3.38. The van der Waals surface area contributed by atoms with Crippen LogP contribution in [0.1, 0.15) is 16.1 Å². The first-order chi connectivity index (χ1) is 10.1. The summed E-state index contributed by atoms with van der Waals surface area (Å²) < 4.78 is 0. The third-order valence-electron chi connectivity index (χ3n) is 3.38. The van der Waals surface area contributed by atoms with Crippen molar-refractivity contribution < 1.29 is 9.90 Å². The van der Waals surface area contributed by atoms with E-state index in [1.54, 1.807) is 31.2 Å². The van der Waals surface area contributed by atoms with E-state index in [4.69, 9.17) is 0 Å². The van der Waals surface area contributed by atoms with Crippen molar-refractivity contribution >= 4 is 22.5 Å². The van der Waals surface area contributed by atoms with Crippen LogP contribution in [0.5, 0.6) is 5.75 Å². The molecule has 0 unspecified atom stereocenters. The Balaban J connectivity index is 1.91. The lowest BCUT2D eigenvalue weighted by atomic mass is 10.1. The Kier molecular flexibility index (Phi) is 3.28. The summed E-state index contributed by atoms with van der Waals surface area (Å²) in [7, 11) is 0. The molecule has 0 aliphatic carbocycles. The van der Waals surface area contributed by atoms with Gasteiger partial charge in [-0.15, -0.1) is 0 Å². The Morgan fingerprint density at radius 3 is 2.71 bits per heavy atom. The third kappa shape index (κ3) is 2.56. The van der Waals surface area contributed by atoms with Crippen LogP contribution >= 0.6 is 0 Å². The molecule has 2 N–H and O–H groups in total.